The minimum Gasteiger partial charge on any atom is -0.396 e. The molecule has 0 atom stereocenters. The van der Waals surface area contributed by atoms with E-state index < -0.39 is 0 Å². The predicted molar refractivity (Wildman–Crippen MR) is 62.9 cm³/mol. The molecule has 2 rings (SSSR count). The normalized spacial score (nSPS) is 10.5. The van der Waals surface area contributed by atoms with Crippen LogP contribution in [0.25, 0.3) is 11.0 Å². The quantitative estimate of drug-likeness (QED) is 0.781. The Morgan fingerprint density at radius 1 is 1.40 bits per heavy atom. The molecular weight excluding hydrogens is 188 g/mol. The zero-order chi connectivity index (χ0) is 10.8. The second kappa shape index (κ2) is 3.73. The second-order valence-corrected chi connectivity index (χ2v) is 3.44. The number of anilines is 2. The number of rotatable bonds is 2. The first-order valence-electron chi connectivity index (χ1n) is 4.98. The van der Waals surface area contributed by atoms with Crippen molar-refractivity contribution >= 4 is 22.4 Å². The maximum absolute atomic E-state index is 5.86. The number of fused-ring (bicyclic) bond motifs is 1. The van der Waals surface area contributed by atoms with E-state index in [1.165, 1.54) is 0 Å². The summed E-state index contributed by atoms with van der Waals surface area (Å²) in [6, 6.07) is 3.96. The Balaban J connectivity index is 2.70. The molecule has 0 radical (unpaired) electrons. The molecule has 2 aromatic heterocycles. The Morgan fingerprint density at radius 3 is 2.93 bits per heavy atom. The molecule has 4 nitrogen and oxygen atoms in total. The van der Waals surface area contributed by atoms with Gasteiger partial charge in [-0.15, -0.1) is 0 Å². The van der Waals surface area contributed by atoms with E-state index in [1.54, 1.807) is 6.20 Å². The number of aromatic nitrogens is 2. The Hall–Kier alpha value is -1.84. The Labute approximate surface area is 88.5 Å². The van der Waals surface area contributed by atoms with Crippen LogP contribution in [0.15, 0.2) is 18.3 Å². The van der Waals surface area contributed by atoms with E-state index in [-0.39, 0.29) is 0 Å². The minimum atomic E-state index is 0.662. The number of nitrogen functional groups attached to an aromatic ring is 1. The van der Waals surface area contributed by atoms with Crippen molar-refractivity contribution in [3.8, 4) is 0 Å². The largest absolute Gasteiger partial charge is 0.396 e. The summed E-state index contributed by atoms with van der Waals surface area (Å²) in [5.41, 5.74) is 9.14. The topological polar surface area (TPSA) is 63.8 Å². The van der Waals surface area contributed by atoms with Crippen LogP contribution in [0, 0.1) is 6.92 Å². The molecule has 15 heavy (non-hydrogen) atoms. The van der Waals surface area contributed by atoms with E-state index >= 15 is 0 Å². The summed E-state index contributed by atoms with van der Waals surface area (Å²) in [6.45, 7) is 4.81. The van der Waals surface area contributed by atoms with Crippen molar-refractivity contribution in [3.05, 3.63) is 24.0 Å². The molecule has 0 aromatic carbocycles. The lowest BCUT2D eigenvalue weighted by Crippen LogP contribution is -2.03. The molecule has 0 bridgehead atoms. The van der Waals surface area contributed by atoms with Crippen LogP contribution in [-0.2, 0) is 0 Å². The molecule has 3 N–H and O–H groups in total. The van der Waals surface area contributed by atoms with E-state index in [4.69, 9.17) is 5.73 Å². The fourth-order valence-corrected chi connectivity index (χ4v) is 1.56. The third-order valence-corrected chi connectivity index (χ3v) is 2.25. The zero-order valence-electron chi connectivity index (χ0n) is 8.91. The lowest BCUT2D eigenvalue weighted by molar-refractivity contribution is 1.18. The number of nitrogens with zero attached hydrogens (tertiary/aromatic N) is 2. The van der Waals surface area contributed by atoms with Crippen molar-refractivity contribution in [1.29, 1.82) is 0 Å². The fraction of sp³-hybridized carbons (Fsp3) is 0.273. The van der Waals surface area contributed by atoms with Gasteiger partial charge < -0.3 is 11.1 Å². The van der Waals surface area contributed by atoms with Crippen LogP contribution < -0.4 is 11.1 Å². The first-order valence-corrected chi connectivity index (χ1v) is 4.98. The van der Waals surface area contributed by atoms with Crippen LogP contribution in [-0.4, -0.2) is 16.5 Å². The van der Waals surface area contributed by atoms with Gasteiger partial charge in [0.05, 0.1) is 17.6 Å². The van der Waals surface area contributed by atoms with Gasteiger partial charge in [-0.1, -0.05) is 0 Å². The summed E-state index contributed by atoms with van der Waals surface area (Å²) in [5, 5.41) is 4.21. The predicted octanol–water partition coefficient (Wildman–Crippen LogP) is 1.95. The Bertz CT molecular complexity index is 493. The van der Waals surface area contributed by atoms with E-state index in [0.717, 1.165) is 29.0 Å². The molecule has 0 spiro atoms. The van der Waals surface area contributed by atoms with Gasteiger partial charge in [-0.3, -0.25) is 0 Å². The molecule has 0 aliphatic carbocycles. The average molecular weight is 202 g/mol. The second-order valence-electron chi connectivity index (χ2n) is 3.44. The maximum Gasteiger partial charge on any atom is 0.161 e. The number of nitrogens with one attached hydrogen (secondary N) is 1. The van der Waals surface area contributed by atoms with Gasteiger partial charge in [0.15, 0.2) is 5.65 Å². The average Bonchev–Trinajstić information content (AvgIpc) is 2.22. The molecular formula is C11H14N4. The summed E-state index contributed by atoms with van der Waals surface area (Å²) in [5.74, 6) is 0. The first kappa shape index (κ1) is 9.71. The van der Waals surface area contributed by atoms with Crippen molar-refractivity contribution in [2.24, 2.45) is 0 Å². The highest BCUT2D eigenvalue weighted by molar-refractivity contribution is 5.95. The van der Waals surface area contributed by atoms with Crippen LogP contribution in [0.1, 0.15) is 12.6 Å². The minimum absolute atomic E-state index is 0.662. The SMILES string of the molecule is CCNc1c(N)cnc2nc(C)ccc12. The monoisotopic (exact) mass is 202 g/mol. The summed E-state index contributed by atoms with van der Waals surface area (Å²) in [7, 11) is 0. The van der Waals surface area contributed by atoms with Crippen molar-refractivity contribution in [3.63, 3.8) is 0 Å². The molecule has 2 aromatic rings. The van der Waals surface area contributed by atoms with Crippen LogP contribution in [0.2, 0.25) is 0 Å². The Morgan fingerprint density at radius 2 is 2.20 bits per heavy atom. The van der Waals surface area contributed by atoms with Crippen LogP contribution >= 0.6 is 0 Å². The van der Waals surface area contributed by atoms with Gasteiger partial charge in [-0.2, -0.15) is 0 Å². The van der Waals surface area contributed by atoms with Gasteiger partial charge in [-0.25, -0.2) is 9.97 Å². The summed E-state index contributed by atoms with van der Waals surface area (Å²) in [6.07, 6.45) is 1.65. The van der Waals surface area contributed by atoms with Crippen LogP contribution in [0.5, 0.6) is 0 Å². The summed E-state index contributed by atoms with van der Waals surface area (Å²) >= 11 is 0. The molecule has 0 aliphatic heterocycles. The number of aryl methyl sites for hydroxylation is 1. The smallest absolute Gasteiger partial charge is 0.161 e. The van der Waals surface area contributed by atoms with Crippen molar-refractivity contribution < 1.29 is 0 Å². The summed E-state index contributed by atoms with van der Waals surface area (Å²) < 4.78 is 0. The third kappa shape index (κ3) is 1.70. The molecule has 78 valence electrons. The number of nitrogens with two attached hydrogens (primary N) is 1. The molecule has 0 amide bonds. The number of pyridine rings is 2. The van der Waals surface area contributed by atoms with E-state index in [2.05, 4.69) is 15.3 Å². The molecule has 4 heteroatoms. The lowest BCUT2D eigenvalue weighted by Gasteiger charge is -2.10. The van der Waals surface area contributed by atoms with Crippen LogP contribution in [0.4, 0.5) is 11.4 Å². The number of hydrogen-bond donors (Lipinski definition) is 2. The molecule has 0 saturated carbocycles. The van der Waals surface area contributed by atoms with Gasteiger partial charge in [0.1, 0.15) is 0 Å². The van der Waals surface area contributed by atoms with Gasteiger partial charge in [0.2, 0.25) is 0 Å². The molecule has 0 unspecified atom stereocenters. The molecule has 0 fully saturated rings. The van der Waals surface area contributed by atoms with E-state index in [9.17, 15) is 0 Å². The van der Waals surface area contributed by atoms with Crippen molar-refractivity contribution in [2.75, 3.05) is 17.6 Å². The highest BCUT2D eigenvalue weighted by atomic mass is 14.9. The van der Waals surface area contributed by atoms with Crippen molar-refractivity contribution in [1.82, 2.24) is 9.97 Å². The van der Waals surface area contributed by atoms with Gasteiger partial charge in [0, 0.05) is 17.6 Å². The van der Waals surface area contributed by atoms with E-state index in [1.807, 2.05) is 26.0 Å². The standard InChI is InChI=1S/C11H14N4/c1-3-13-10-8-5-4-7(2)15-11(8)14-6-9(10)12/h4-6H,3,12H2,1-2H3,(H,13,14,15). The van der Waals surface area contributed by atoms with Gasteiger partial charge in [0.25, 0.3) is 0 Å². The fourth-order valence-electron chi connectivity index (χ4n) is 1.56. The van der Waals surface area contributed by atoms with Gasteiger partial charge in [-0.05, 0) is 26.0 Å². The Kier molecular flexibility index (Phi) is 2.41. The zero-order valence-corrected chi connectivity index (χ0v) is 8.91. The van der Waals surface area contributed by atoms with Crippen molar-refractivity contribution in [2.45, 2.75) is 13.8 Å². The van der Waals surface area contributed by atoms with Gasteiger partial charge >= 0.3 is 0 Å². The molecule has 0 saturated heterocycles. The summed E-state index contributed by atoms with van der Waals surface area (Å²) in [4.78, 5) is 8.56. The maximum atomic E-state index is 5.86. The molecule has 2 heterocycles. The van der Waals surface area contributed by atoms with Crippen LogP contribution in [0.3, 0.4) is 0 Å². The highest BCUT2D eigenvalue weighted by Crippen LogP contribution is 2.26. The van der Waals surface area contributed by atoms with E-state index in [0.29, 0.717) is 5.69 Å². The lowest BCUT2D eigenvalue weighted by atomic mass is 10.2. The third-order valence-electron chi connectivity index (χ3n) is 2.25. The number of hydrogen-bond acceptors (Lipinski definition) is 4. The first-order chi connectivity index (χ1) is 7.22. The highest BCUT2D eigenvalue weighted by Gasteiger charge is 2.06. The molecule has 0 aliphatic rings.